The maximum absolute atomic E-state index is 12.2. The summed E-state index contributed by atoms with van der Waals surface area (Å²) in [5.74, 6) is 0.980. The van der Waals surface area contributed by atoms with Crippen molar-refractivity contribution in [3.05, 3.63) is 18.2 Å². The van der Waals surface area contributed by atoms with Gasteiger partial charge >= 0.3 is 0 Å². The van der Waals surface area contributed by atoms with Crippen LogP contribution < -0.4 is 5.32 Å². The molecule has 0 saturated carbocycles. The molecule has 6 nitrogen and oxygen atoms in total. The first kappa shape index (κ1) is 15.5. The second-order valence-electron chi connectivity index (χ2n) is 5.37. The molecule has 0 aromatic carbocycles. The Morgan fingerprint density at radius 3 is 2.95 bits per heavy atom. The minimum absolute atomic E-state index is 0.000311. The number of hydrogen-bond donors (Lipinski definition) is 1. The van der Waals surface area contributed by atoms with E-state index in [1.165, 1.54) is 0 Å². The van der Waals surface area contributed by atoms with E-state index >= 15 is 0 Å². The summed E-state index contributed by atoms with van der Waals surface area (Å²) in [5.41, 5.74) is 0. The van der Waals surface area contributed by atoms with Gasteiger partial charge in [0.2, 0.25) is 11.8 Å². The van der Waals surface area contributed by atoms with E-state index in [4.69, 9.17) is 0 Å². The normalized spacial score (nSPS) is 18.6. The Morgan fingerprint density at radius 2 is 2.24 bits per heavy atom. The Hall–Kier alpha value is -1.85. The fourth-order valence-electron chi connectivity index (χ4n) is 2.77. The monoisotopic (exact) mass is 292 g/mol. The van der Waals surface area contributed by atoms with Crippen LogP contribution in [-0.4, -0.2) is 45.9 Å². The number of rotatable bonds is 5. The minimum atomic E-state index is -0.0835. The molecule has 116 valence electrons. The second-order valence-corrected chi connectivity index (χ2v) is 5.37. The number of piperidine rings is 1. The van der Waals surface area contributed by atoms with Gasteiger partial charge in [-0.2, -0.15) is 0 Å². The maximum Gasteiger partial charge on any atom is 0.242 e. The molecule has 1 saturated heterocycles. The van der Waals surface area contributed by atoms with Crippen molar-refractivity contribution in [2.45, 2.75) is 45.6 Å². The molecular weight excluding hydrogens is 268 g/mol. The summed E-state index contributed by atoms with van der Waals surface area (Å²) >= 11 is 0. The summed E-state index contributed by atoms with van der Waals surface area (Å²) < 4.78 is 2.18. The van der Waals surface area contributed by atoms with E-state index in [2.05, 4.69) is 21.8 Å². The van der Waals surface area contributed by atoms with Crippen molar-refractivity contribution >= 4 is 11.8 Å². The molecule has 1 atom stereocenters. The third-order valence-corrected chi connectivity index (χ3v) is 3.97. The highest BCUT2D eigenvalue weighted by Gasteiger charge is 2.25. The molecule has 6 heteroatoms. The van der Waals surface area contributed by atoms with E-state index in [0.29, 0.717) is 19.0 Å². The van der Waals surface area contributed by atoms with Gasteiger partial charge in [0.25, 0.3) is 0 Å². The lowest BCUT2D eigenvalue weighted by atomic mass is 10.1. The van der Waals surface area contributed by atoms with Gasteiger partial charge in [-0.3, -0.25) is 9.59 Å². The zero-order valence-electron chi connectivity index (χ0n) is 12.8. The molecule has 1 aliphatic heterocycles. The summed E-state index contributed by atoms with van der Waals surface area (Å²) in [6, 6.07) is 0.294. The lowest BCUT2D eigenvalue weighted by Gasteiger charge is -2.34. The SMILES string of the molecule is CCC(=O)NCC(=O)N1CCCC(n2ccnc2CC)C1. The third-order valence-electron chi connectivity index (χ3n) is 3.97. The van der Waals surface area contributed by atoms with E-state index in [1.54, 1.807) is 6.92 Å². The number of aryl methyl sites for hydroxylation is 1. The standard InChI is InChI=1S/C15H24N4O2/c1-3-13-16-7-9-19(13)12-6-5-8-18(11-12)15(21)10-17-14(20)4-2/h7,9,12H,3-6,8,10-11H2,1-2H3,(H,17,20). The molecule has 1 N–H and O–H groups in total. The van der Waals surface area contributed by atoms with Gasteiger partial charge in [-0.15, -0.1) is 0 Å². The first-order chi connectivity index (χ1) is 10.2. The van der Waals surface area contributed by atoms with Crippen molar-refractivity contribution in [3.8, 4) is 0 Å². The van der Waals surface area contributed by atoms with Crippen molar-refractivity contribution in [2.24, 2.45) is 0 Å². The molecule has 2 amide bonds. The lowest BCUT2D eigenvalue weighted by Crippen LogP contribution is -2.45. The number of aromatic nitrogens is 2. The van der Waals surface area contributed by atoms with Crippen molar-refractivity contribution in [3.63, 3.8) is 0 Å². The van der Waals surface area contributed by atoms with Gasteiger partial charge in [0.1, 0.15) is 5.82 Å². The summed E-state index contributed by atoms with van der Waals surface area (Å²) in [4.78, 5) is 29.6. The summed E-state index contributed by atoms with van der Waals surface area (Å²) in [6.07, 6.45) is 7.17. The Labute approximate surface area is 125 Å². The van der Waals surface area contributed by atoms with Crippen LogP contribution in [0.2, 0.25) is 0 Å². The van der Waals surface area contributed by atoms with Gasteiger partial charge < -0.3 is 14.8 Å². The van der Waals surface area contributed by atoms with Crippen LogP contribution in [0.4, 0.5) is 0 Å². The quantitative estimate of drug-likeness (QED) is 0.885. The fourth-order valence-corrected chi connectivity index (χ4v) is 2.77. The van der Waals surface area contributed by atoms with E-state index in [9.17, 15) is 9.59 Å². The number of imidazole rings is 1. The zero-order valence-corrected chi connectivity index (χ0v) is 12.8. The topological polar surface area (TPSA) is 67.2 Å². The number of hydrogen-bond acceptors (Lipinski definition) is 3. The highest BCUT2D eigenvalue weighted by Crippen LogP contribution is 2.22. The molecule has 1 fully saturated rings. The van der Waals surface area contributed by atoms with Crippen molar-refractivity contribution in [2.75, 3.05) is 19.6 Å². The van der Waals surface area contributed by atoms with Crippen LogP contribution in [0, 0.1) is 0 Å². The number of likely N-dealkylation sites (tertiary alicyclic amines) is 1. The van der Waals surface area contributed by atoms with Crippen LogP contribution in [0.5, 0.6) is 0 Å². The summed E-state index contributed by atoms with van der Waals surface area (Å²) in [7, 11) is 0. The molecule has 0 aliphatic carbocycles. The Bertz CT molecular complexity index is 498. The molecule has 1 unspecified atom stereocenters. The van der Waals surface area contributed by atoms with Crippen LogP contribution in [-0.2, 0) is 16.0 Å². The highest BCUT2D eigenvalue weighted by atomic mass is 16.2. The molecule has 0 bridgehead atoms. The third kappa shape index (κ3) is 3.83. The van der Waals surface area contributed by atoms with Gasteiger partial charge in [0.05, 0.1) is 12.6 Å². The zero-order chi connectivity index (χ0) is 15.2. The molecule has 0 radical (unpaired) electrons. The Kier molecular flexibility index (Phi) is 5.36. The molecule has 21 heavy (non-hydrogen) atoms. The highest BCUT2D eigenvalue weighted by molar-refractivity contribution is 5.84. The first-order valence-corrected chi connectivity index (χ1v) is 7.71. The molecule has 1 aliphatic rings. The maximum atomic E-state index is 12.2. The van der Waals surface area contributed by atoms with E-state index < -0.39 is 0 Å². The minimum Gasteiger partial charge on any atom is -0.347 e. The van der Waals surface area contributed by atoms with Crippen molar-refractivity contribution in [1.29, 1.82) is 0 Å². The molecule has 2 rings (SSSR count). The number of nitrogens with zero attached hydrogens (tertiary/aromatic N) is 3. The molecule has 1 aromatic rings. The van der Waals surface area contributed by atoms with Crippen LogP contribution in [0.25, 0.3) is 0 Å². The fraction of sp³-hybridized carbons (Fsp3) is 0.667. The largest absolute Gasteiger partial charge is 0.347 e. The smallest absolute Gasteiger partial charge is 0.242 e. The Morgan fingerprint density at radius 1 is 1.43 bits per heavy atom. The van der Waals surface area contributed by atoms with Crippen molar-refractivity contribution < 1.29 is 9.59 Å². The molecule has 0 spiro atoms. The predicted molar refractivity (Wildman–Crippen MR) is 79.8 cm³/mol. The van der Waals surface area contributed by atoms with E-state index in [0.717, 1.165) is 31.6 Å². The second kappa shape index (κ2) is 7.24. The van der Waals surface area contributed by atoms with Crippen LogP contribution >= 0.6 is 0 Å². The van der Waals surface area contributed by atoms with Gasteiger partial charge in [0.15, 0.2) is 0 Å². The van der Waals surface area contributed by atoms with Crippen molar-refractivity contribution in [1.82, 2.24) is 19.8 Å². The summed E-state index contributed by atoms with van der Waals surface area (Å²) in [5, 5.41) is 2.65. The van der Waals surface area contributed by atoms with E-state index in [-0.39, 0.29) is 18.4 Å². The van der Waals surface area contributed by atoms with Gasteiger partial charge in [-0.05, 0) is 12.8 Å². The van der Waals surface area contributed by atoms with Gasteiger partial charge in [-0.1, -0.05) is 13.8 Å². The Balaban J connectivity index is 1.94. The average molecular weight is 292 g/mol. The molecular formula is C15H24N4O2. The van der Waals surface area contributed by atoms with Crippen LogP contribution in [0.15, 0.2) is 12.4 Å². The number of carbonyl (C=O) groups is 2. The van der Waals surface area contributed by atoms with Gasteiger partial charge in [0, 0.05) is 38.3 Å². The lowest BCUT2D eigenvalue weighted by molar-refractivity contribution is -0.134. The average Bonchev–Trinajstić information content (AvgIpc) is 3.00. The number of nitrogens with one attached hydrogen (secondary N) is 1. The van der Waals surface area contributed by atoms with E-state index in [1.807, 2.05) is 17.3 Å². The molecule has 2 heterocycles. The van der Waals surface area contributed by atoms with Gasteiger partial charge in [-0.25, -0.2) is 4.98 Å². The number of carbonyl (C=O) groups excluding carboxylic acids is 2. The first-order valence-electron chi connectivity index (χ1n) is 7.71. The van der Waals surface area contributed by atoms with Crippen LogP contribution in [0.3, 0.4) is 0 Å². The van der Waals surface area contributed by atoms with Crippen LogP contribution in [0.1, 0.15) is 45.0 Å². The predicted octanol–water partition coefficient (Wildman–Crippen LogP) is 1.14. The summed E-state index contributed by atoms with van der Waals surface area (Å²) in [6.45, 7) is 5.44. The number of amides is 2. The molecule has 1 aromatic heterocycles.